The Bertz CT molecular complexity index is 1100. The molecule has 0 saturated heterocycles. The van der Waals surface area contributed by atoms with Gasteiger partial charge in [0.15, 0.2) is 5.69 Å². The number of nitrogens with one attached hydrogen (secondary N) is 1. The Morgan fingerprint density at radius 2 is 1.89 bits per heavy atom. The number of carbonyl (C=O) groups excluding carboxylic acids is 1. The first kappa shape index (κ1) is 18.3. The summed E-state index contributed by atoms with van der Waals surface area (Å²) in [5.41, 5.74) is 2.54. The summed E-state index contributed by atoms with van der Waals surface area (Å²) in [6, 6.07) is 8.21. The summed E-state index contributed by atoms with van der Waals surface area (Å²) >= 11 is 0. The van der Waals surface area contributed by atoms with E-state index in [1.165, 1.54) is 12.3 Å². The zero-order valence-electron chi connectivity index (χ0n) is 15.2. The summed E-state index contributed by atoms with van der Waals surface area (Å²) in [5, 5.41) is 6.59. The van der Waals surface area contributed by atoms with Crippen LogP contribution in [-0.4, -0.2) is 33.5 Å². The topological polar surface area (TPSA) is 107 Å². The van der Waals surface area contributed by atoms with Gasteiger partial charge in [-0.15, -0.1) is 0 Å². The molecule has 0 unspecified atom stereocenters. The third kappa shape index (κ3) is 3.79. The second-order valence-corrected chi connectivity index (χ2v) is 8.55. The van der Waals surface area contributed by atoms with Crippen molar-refractivity contribution in [2.24, 2.45) is 0 Å². The molecule has 1 saturated carbocycles. The van der Waals surface area contributed by atoms with Crippen molar-refractivity contribution in [1.29, 1.82) is 0 Å². The van der Waals surface area contributed by atoms with Gasteiger partial charge in [0.1, 0.15) is 0 Å². The van der Waals surface area contributed by atoms with Crippen LogP contribution in [0.5, 0.6) is 0 Å². The zero-order chi connectivity index (χ0) is 19.7. The predicted octanol–water partition coefficient (Wildman–Crippen LogP) is 2.03. The van der Waals surface area contributed by atoms with Crippen molar-refractivity contribution in [1.82, 2.24) is 24.5 Å². The molecule has 8 nitrogen and oxygen atoms in total. The van der Waals surface area contributed by atoms with Gasteiger partial charge in [0.05, 0.1) is 29.0 Å². The number of hydrogen-bond donors (Lipinski definition) is 1. The van der Waals surface area contributed by atoms with Crippen molar-refractivity contribution in [3.63, 3.8) is 0 Å². The fraction of sp³-hybridized carbons (Fsp3) is 0.263. The summed E-state index contributed by atoms with van der Waals surface area (Å²) in [6.45, 7) is 2.00. The van der Waals surface area contributed by atoms with Crippen molar-refractivity contribution in [2.45, 2.75) is 37.1 Å². The van der Waals surface area contributed by atoms with E-state index in [0.717, 1.165) is 28.2 Å². The van der Waals surface area contributed by atoms with Gasteiger partial charge in [-0.25, -0.2) is 0 Å². The molecule has 1 fully saturated rings. The zero-order valence-corrected chi connectivity index (χ0v) is 16.1. The molecule has 1 aliphatic carbocycles. The molecular weight excluding hydrogens is 378 g/mol. The Labute approximate surface area is 162 Å². The number of nitrogens with zero attached hydrogens (tertiary/aromatic N) is 4. The molecule has 0 atom stereocenters. The van der Waals surface area contributed by atoms with Gasteiger partial charge < -0.3 is 5.32 Å². The van der Waals surface area contributed by atoms with Crippen LogP contribution in [0.3, 0.4) is 0 Å². The second-order valence-electron chi connectivity index (χ2n) is 6.75. The largest absolute Gasteiger partial charge is 0.345 e. The van der Waals surface area contributed by atoms with Gasteiger partial charge in [-0.2, -0.15) is 17.6 Å². The number of aryl methyl sites for hydroxylation is 1. The molecule has 1 aliphatic rings. The third-order valence-corrected chi connectivity index (χ3v) is 6.10. The molecule has 3 aromatic rings. The Kier molecular flexibility index (Phi) is 4.68. The van der Waals surface area contributed by atoms with E-state index in [1.54, 1.807) is 24.5 Å². The van der Waals surface area contributed by atoms with Crippen LogP contribution >= 0.6 is 0 Å². The Balaban J connectivity index is 1.46. The number of rotatable bonds is 6. The lowest BCUT2D eigenvalue weighted by atomic mass is 10.1. The van der Waals surface area contributed by atoms with Gasteiger partial charge in [-0.3, -0.25) is 14.8 Å². The molecule has 0 radical (unpaired) electrons. The van der Waals surface area contributed by atoms with E-state index in [4.69, 9.17) is 0 Å². The van der Waals surface area contributed by atoms with E-state index < -0.39 is 15.9 Å². The third-order valence-electron chi connectivity index (χ3n) is 4.54. The van der Waals surface area contributed by atoms with E-state index in [2.05, 4.69) is 20.4 Å². The van der Waals surface area contributed by atoms with Crippen molar-refractivity contribution in [2.75, 3.05) is 0 Å². The maximum absolute atomic E-state index is 12.7. The maximum atomic E-state index is 12.7. The first-order valence-corrected chi connectivity index (χ1v) is 10.3. The molecule has 28 heavy (non-hydrogen) atoms. The summed E-state index contributed by atoms with van der Waals surface area (Å²) in [7, 11) is -3.84. The minimum Gasteiger partial charge on any atom is -0.345 e. The van der Waals surface area contributed by atoms with Crippen LogP contribution in [0.15, 0.2) is 53.8 Å². The standard InChI is InChI=1S/C19H19N5O3S/c1-13-10-21-16(11-20-13)12-22-19(25)18-8-9-24(23-18)28(26,27)17-6-4-15(5-7-17)14-2-3-14/h4-11,14H,2-3,12H2,1H3,(H,22,25). The molecule has 1 amide bonds. The molecule has 0 bridgehead atoms. The molecule has 1 N–H and O–H groups in total. The van der Waals surface area contributed by atoms with Crippen molar-refractivity contribution in [3.05, 3.63) is 71.6 Å². The molecule has 2 aromatic heterocycles. The number of carbonyl (C=O) groups is 1. The molecular formula is C19H19N5O3S. The minimum absolute atomic E-state index is 0.0123. The van der Waals surface area contributed by atoms with E-state index >= 15 is 0 Å². The lowest BCUT2D eigenvalue weighted by molar-refractivity contribution is 0.0945. The number of hydrogen-bond acceptors (Lipinski definition) is 6. The highest BCUT2D eigenvalue weighted by atomic mass is 32.2. The molecule has 9 heteroatoms. The predicted molar refractivity (Wildman–Crippen MR) is 101 cm³/mol. The minimum atomic E-state index is -3.84. The summed E-state index contributed by atoms with van der Waals surface area (Å²) in [5.74, 6) is 0.0652. The van der Waals surface area contributed by atoms with Crippen molar-refractivity contribution >= 4 is 15.9 Å². The quantitative estimate of drug-likeness (QED) is 0.682. The van der Waals surface area contributed by atoms with Crippen LogP contribution in [0, 0.1) is 6.92 Å². The van der Waals surface area contributed by atoms with Crippen LogP contribution in [-0.2, 0) is 16.6 Å². The van der Waals surface area contributed by atoms with Gasteiger partial charge in [0.2, 0.25) is 0 Å². The van der Waals surface area contributed by atoms with Gasteiger partial charge >= 0.3 is 0 Å². The summed E-state index contributed by atoms with van der Waals surface area (Å²) in [4.78, 5) is 20.7. The van der Waals surface area contributed by atoms with Gasteiger partial charge in [-0.1, -0.05) is 12.1 Å². The van der Waals surface area contributed by atoms with Gasteiger partial charge in [0.25, 0.3) is 15.9 Å². The first-order chi connectivity index (χ1) is 13.4. The van der Waals surface area contributed by atoms with Crippen molar-refractivity contribution in [3.8, 4) is 0 Å². The number of benzene rings is 1. The van der Waals surface area contributed by atoms with Crippen LogP contribution in [0.4, 0.5) is 0 Å². The van der Waals surface area contributed by atoms with E-state index in [0.29, 0.717) is 11.6 Å². The highest BCUT2D eigenvalue weighted by Gasteiger charge is 2.25. The lowest BCUT2D eigenvalue weighted by Gasteiger charge is -2.06. The lowest BCUT2D eigenvalue weighted by Crippen LogP contribution is -2.24. The number of aromatic nitrogens is 4. The molecule has 2 heterocycles. The fourth-order valence-corrected chi connectivity index (χ4v) is 3.88. The van der Waals surface area contributed by atoms with Gasteiger partial charge in [-0.05, 0) is 49.4 Å². The van der Waals surface area contributed by atoms with E-state index in [9.17, 15) is 13.2 Å². The van der Waals surface area contributed by atoms with E-state index in [1.807, 2.05) is 19.1 Å². The molecule has 4 rings (SSSR count). The highest BCUT2D eigenvalue weighted by Crippen LogP contribution is 2.40. The van der Waals surface area contributed by atoms with Crippen LogP contribution in [0.1, 0.15) is 46.2 Å². The van der Waals surface area contributed by atoms with Gasteiger partial charge in [0, 0.05) is 12.4 Å². The smallest absolute Gasteiger partial charge is 0.282 e. The fourth-order valence-electron chi connectivity index (χ4n) is 2.77. The Morgan fingerprint density at radius 3 is 2.54 bits per heavy atom. The highest BCUT2D eigenvalue weighted by molar-refractivity contribution is 7.89. The van der Waals surface area contributed by atoms with Crippen LogP contribution < -0.4 is 5.32 Å². The summed E-state index contributed by atoms with van der Waals surface area (Å²) < 4.78 is 26.3. The second kappa shape index (κ2) is 7.16. The normalized spacial score (nSPS) is 14.0. The SMILES string of the molecule is Cc1cnc(CNC(=O)c2ccn(S(=O)(=O)c3ccc(C4CC4)cc3)n2)cn1. The first-order valence-electron chi connectivity index (χ1n) is 8.90. The Morgan fingerprint density at radius 1 is 1.14 bits per heavy atom. The molecule has 0 spiro atoms. The molecule has 0 aliphatic heterocycles. The molecule has 144 valence electrons. The Hall–Kier alpha value is -3.07. The average molecular weight is 397 g/mol. The summed E-state index contributed by atoms with van der Waals surface area (Å²) in [6.07, 6.45) is 6.75. The van der Waals surface area contributed by atoms with Crippen molar-refractivity contribution < 1.29 is 13.2 Å². The average Bonchev–Trinajstić information content (AvgIpc) is 3.43. The maximum Gasteiger partial charge on any atom is 0.282 e. The van der Waals surface area contributed by atoms with E-state index in [-0.39, 0.29) is 17.1 Å². The van der Waals surface area contributed by atoms with Crippen LogP contribution in [0.25, 0.3) is 0 Å². The monoisotopic (exact) mass is 397 g/mol. The molecule has 1 aromatic carbocycles. The number of amides is 1. The van der Waals surface area contributed by atoms with Crippen LogP contribution in [0.2, 0.25) is 0 Å².